The van der Waals surface area contributed by atoms with E-state index in [0.717, 1.165) is 28.9 Å². The number of urea groups is 1. The molecule has 0 saturated carbocycles. The lowest BCUT2D eigenvalue weighted by Crippen LogP contribution is -2.43. The predicted octanol–water partition coefficient (Wildman–Crippen LogP) is 5.37. The number of nitrogens with one attached hydrogen (secondary N) is 2. The smallest absolute Gasteiger partial charge is 0.322 e. The molecule has 2 amide bonds. The van der Waals surface area contributed by atoms with Gasteiger partial charge in [0.1, 0.15) is 17.2 Å². The molecule has 1 atom stereocenters. The van der Waals surface area contributed by atoms with Gasteiger partial charge in [-0.2, -0.15) is 0 Å². The number of H-pyrrole nitrogens is 1. The summed E-state index contributed by atoms with van der Waals surface area (Å²) in [5.74, 6) is 1.98. The van der Waals surface area contributed by atoms with Crippen LogP contribution in [0.4, 0.5) is 10.5 Å². The first-order valence-electron chi connectivity index (χ1n) is 11.2. The van der Waals surface area contributed by atoms with E-state index in [1.165, 1.54) is 10.9 Å². The summed E-state index contributed by atoms with van der Waals surface area (Å²) in [4.78, 5) is 19.1. The Kier molecular flexibility index (Phi) is 5.76. The maximum atomic E-state index is 13.6. The Bertz CT molecular complexity index is 1330. The molecular weight excluding hydrogens is 430 g/mol. The summed E-state index contributed by atoms with van der Waals surface area (Å²) in [5.41, 5.74) is 4.91. The fourth-order valence-electron chi connectivity index (χ4n) is 4.69. The molecule has 34 heavy (non-hydrogen) atoms. The lowest BCUT2D eigenvalue weighted by molar-refractivity contribution is 0.193. The van der Waals surface area contributed by atoms with Gasteiger partial charge in [0.25, 0.3) is 0 Å². The number of amides is 2. The Hall–Kier alpha value is -4.13. The third-order valence-electron chi connectivity index (χ3n) is 6.38. The third-order valence-corrected chi connectivity index (χ3v) is 6.38. The Morgan fingerprint density at radius 3 is 2.41 bits per heavy atom. The maximum Gasteiger partial charge on any atom is 0.322 e. The zero-order valence-corrected chi connectivity index (χ0v) is 19.4. The largest absolute Gasteiger partial charge is 0.497 e. The number of aromatic nitrogens is 1. The molecule has 0 saturated heterocycles. The monoisotopic (exact) mass is 457 g/mol. The third kappa shape index (κ3) is 3.79. The zero-order valence-electron chi connectivity index (χ0n) is 19.4. The molecule has 174 valence electrons. The molecule has 1 aliphatic heterocycles. The molecule has 7 heteroatoms. The zero-order chi connectivity index (χ0) is 23.7. The van der Waals surface area contributed by atoms with Crippen LogP contribution >= 0.6 is 0 Å². The highest BCUT2D eigenvalue weighted by Gasteiger charge is 2.35. The average molecular weight is 458 g/mol. The number of hydrogen-bond acceptors (Lipinski definition) is 4. The number of rotatable bonds is 5. The Balaban J connectivity index is 1.56. The first-order chi connectivity index (χ1) is 16.6. The van der Waals surface area contributed by atoms with Crippen molar-refractivity contribution >= 4 is 22.6 Å². The summed E-state index contributed by atoms with van der Waals surface area (Å²) in [5, 5.41) is 4.24. The lowest BCUT2D eigenvalue weighted by atomic mass is 9.92. The second-order valence-electron chi connectivity index (χ2n) is 8.18. The van der Waals surface area contributed by atoms with Gasteiger partial charge in [-0.1, -0.05) is 30.3 Å². The summed E-state index contributed by atoms with van der Waals surface area (Å²) >= 11 is 0. The van der Waals surface area contributed by atoms with Gasteiger partial charge < -0.3 is 29.4 Å². The van der Waals surface area contributed by atoms with Crippen LogP contribution in [0.2, 0.25) is 0 Å². The molecule has 0 radical (unpaired) electrons. The van der Waals surface area contributed by atoms with Gasteiger partial charge in [0, 0.05) is 29.2 Å². The SMILES string of the molecule is COc1ccc([C@@H]2c3[nH]c4ccccc4c3CCN2C(=O)Nc2cc(OC)ccc2OC)cc1. The van der Waals surface area contributed by atoms with E-state index in [9.17, 15) is 4.79 Å². The van der Waals surface area contributed by atoms with Crippen LogP contribution in [0.25, 0.3) is 10.9 Å². The first kappa shape index (κ1) is 21.7. The number of anilines is 1. The normalized spacial score (nSPS) is 15.0. The second kappa shape index (κ2) is 9.02. The van der Waals surface area contributed by atoms with Crippen molar-refractivity contribution in [2.45, 2.75) is 12.5 Å². The number of benzene rings is 3. The fraction of sp³-hybridized carbons (Fsp3) is 0.222. The van der Waals surface area contributed by atoms with E-state index in [1.54, 1.807) is 39.5 Å². The van der Waals surface area contributed by atoms with Crippen molar-refractivity contribution in [1.82, 2.24) is 9.88 Å². The van der Waals surface area contributed by atoms with Gasteiger partial charge in [0.05, 0.1) is 33.1 Å². The van der Waals surface area contributed by atoms with Gasteiger partial charge in [-0.05, 0) is 47.9 Å². The van der Waals surface area contributed by atoms with Crippen molar-refractivity contribution in [3.63, 3.8) is 0 Å². The molecule has 0 fully saturated rings. The predicted molar refractivity (Wildman–Crippen MR) is 132 cm³/mol. The highest BCUT2D eigenvalue weighted by molar-refractivity contribution is 5.93. The fourth-order valence-corrected chi connectivity index (χ4v) is 4.69. The van der Waals surface area contributed by atoms with Crippen LogP contribution in [0, 0.1) is 0 Å². The molecule has 1 aliphatic rings. The van der Waals surface area contributed by atoms with Crippen molar-refractivity contribution in [3.8, 4) is 17.2 Å². The molecule has 0 bridgehead atoms. The number of carbonyl (C=O) groups excluding carboxylic acids is 1. The van der Waals surface area contributed by atoms with Gasteiger partial charge in [0.15, 0.2) is 0 Å². The summed E-state index contributed by atoms with van der Waals surface area (Å²) in [6, 6.07) is 21.0. The second-order valence-corrected chi connectivity index (χ2v) is 8.18. The number of fused-ring (bicyclic) bond motifs is 3. The number of ether oxygens (including phenoxy) is 3. The minimum Gasteiger partial charge on any atom is -0.497 e. The van der Waals surface area contributed by atoms with Crippen LogP contribution in [-0.2, 0) is 6.42 Å². The van der Waals surface area contributed by atoms with Crippen LogP contribution in [-0.4, -0.2) is 43.8 Å². The van der Waals surface area contributed by atoms with Crippen molar-refractivity contribution < 1.29 is 19.0 Å². The minimum atomic E-state index is -0.279. The summed E-state index contributed by atoms with van der Waals surface area (Å²) in [7, 11) is 4.82. The Morgan fingerprint density at radius 2 is 1.68 bits per heavy atom. The molecule has 7 nitrogen and oxygen atoms in total. The standard InChI is InChI=1S/C27H27N3O4/c1-32-18-10-8-17(9-11-18)26-25-21(20-6-4-5-7-22(20)28-25)14-15-30(26)27(31)29-23-16-19(33-2)12-13-24(23)34-3/h4-13,16,26,28H,14-15H2,1-3H3,(H,29,31)/t26-/m1/s1. The maximum absolute atomic E-state index is 13.6. The summed E-state index contributed by atoms with van der Waals surface area (Å²) < 4.78 is 16.1. The van der Waals surface area contributed by atoms with Crippen molar-refractivity contribution in [2.75, 3.05) is 33.2 Å². The van der Waals surface area contributed by atoms with Crippen LogP contribution in [0.3, 0.4) is 0 Å². The van der Waals surface area contributed by atoms with E-state index >= 15 is 0 Å². The van der Waals surface area contributed by atoms with Crippen LogP contribution < -0.4 is 19.5 Å². The molecule has 2 N–H and O–H groups in total. The van der Waals surface area contributed by atoms with E-state index in [1.807, 2.05) is 41.3 Å². The molecule has 0 unspecified atom stereocenters. The molecule has 1 aromatic heterocycles. The van der Waals surface area contributed by atoms with Gasteiger partial charge in [0.2, 0.25) is 0 Å². The number of para-hydroxylation sites is 1. The van der Waals surface area contributed by atoms with E-state index in [-0.39, 0.29) is 12.1 Å². The lowest BCUT2D eigenvalue weighted by Gasteiger charge is -2.36. The van der Waals surface area contributed by atoms with Crippen LogP contribution in [0.5, 0.6) is 17.2 Å². The van der Waals surface area contributed by atoms with Gasteiger partial charge in [-0.15, -0.1) is 0 Å². The Labute approximate surface area is 198 Å². The summed E-state index contributed by atoms with van der Waals surface area (Å²) in [6.07, 6.45) is 0.759. The van der Waals surface area contributed by atoms with Crippen LogP contribution in [0.1, 0.15) is 22.9 Å². The number of hydrogen-bond donors (Lipinski definition) is 2. The quantitative estimate of drug-likeness (QED) is 0.422. The molecule has 0 aliphatic carbocycles. The Morgan fingerprint density at radius 1 is 0.941 bits per heavy atom. The molecular formula is C27H27N3O4. The van der Waals surface area contributed by atoms with E-state index in [2.05, 4.69) is 22.4 Å². The highest BCUT2D eigenvalue weighted by atomic mass is 16.5. The van der Waals surface area contributed by atoms with Crippen LogP contribution in [0.15, 0.2) is 66.7 Å². The molecule has 2 heterocycles. The topological polar surface area (TPSA) is 75.8 Å². The van der Waals surface area contributed by atoms with Crippen molar-refractivity contribution in [2.24, 2.45) is 0 Å². The number of aromatic amines is 1. The minimum absolute atomic E-state index is 0.211. The molecule has 5 rings (SSSR count). The molecule has 0 spiro atoms. The van der Waals surface area contributed by atoms with Gasteiger partial charge in [-0.25, -0.2) is 4.79 Å². The first-order valence-corrected chi connectivity index (χ1v) is 11.2. The van der Waals surface area contributed by atoms with E-state index < -0.39 is 0 Å². The average Bonchev–Trinajstić information content (AvgIpc) is 3.27. The number of methoxy groups -OCH3 is 3. The highest BCUT2D eigenvalue weighted by Crippen LogP contribution is 2.39. The number of nitrogens with zero attached hydrogens (tertiary/aromatic N) is 1. The molecule has 3 aromatic carbocycles. The van der Waals surface area contributed by atoms with Gasteiger partial charge >= 0.3 is 6.03 Å². The van der Waals surface area contributed by atoms with E-state index in [4.69, 9.17) is 14.2 Å². The summed E-state index contributed by atoms with van der Waals surface area (Å²) in [6.45, 7) is 0.573. The van der Waals surface area contributed by atoms with E-state index in [0.29, 0.717) is 23.7 Å². The van der Waals surface area contributed by atoms with Crippen molar-refractivity contribution in [3.05, 3.63) is 83.6 Å². The van der Waals surface area contributed by atoms with Crippen molar-refractivity contribution in [1.29, 1.82) is 0 Å². The molecule has 4 aromatic rings. The number of carbonyl (C=O) groups is 1. The van der Waals surface area contributed by atoms with Gasteiger partial charge in [-0.3, -0.25) is 0 Å².